The largest absolute Gasteiger partial charge is 0.494 e. The molecule has 35 heavy (non-hydrogen) atoms. The van der Waals surface area contributed by atoms with Crippen molar-refractivity contribution in [2.45, 2.75) is 26.7 Å². The van der Waals surface area contributed by atoms with Crippen LogP contribution in [-0.4, -0.2) is 34.6 Å². The number of amides is 1. The number of pyridine rings is 1. The number of benzene rings is 1. The minimum Gasteiger partial charge on any atom is -0.494 e. The molecule has 0 unspecified atom stereocenters. The van der Waals surface area contributed by atoms with E-state index < -0.39 is 11.7 Å². The lowest BCUT2D eigenvalue weighted by atomic mass is 10.1. The lowest BCUT2D eigenvalue weighted by Gasteiger charge is -2.18. The molecule has 0 aliphatic heterocycles. The zero-order valence-corrected chi connectivity index (χ0v) is 19.8. The molecule has 9 nitrogen and oxygen atoms in total. The molecule has 1 aromatic carbocycles. The molecule has 1 aliphatic carbocycles. The second-order valence-electron chi connectivity index (χ2n) is 8.15. The van der Waals surface area contributed by atoms with E-state index in [9.17, 15) is 9.18 Å². The minimum atomic E-state index is -0.526. The number of ether oxygens (including phenoxy) is 1. The summed E-state index contributed by atoms with van der Waals surface area (Å²) in [5.74, 6) is 0.501. The fourth-order valence-corrected chi connectivity index (χ4v) is 3.45. The Labute approximate surface area is 202 Å². The van der Waals surface area contributed by atoms with Gasteiger partial charge in [0.25, 0.3) is 5.91 Å². The van der Waals surface area contributed by atoms with Crippen molar-refractivity contribution in [3.05, 3.63) is 66.0 Å². The van der Waals surface area contributed by atoms with Gasteiger partial charge in [-0.1, -0.05) is 6.58 Å². The molecule has 10 heteroatoms. The van der Waals surface area contributed by atoms with Gasteiger partial charge in [-0.2, -0.15) is 0 Å². The van der Waals surface area contributed by atoms with Gasteiger partial charge in [0, 0.05) is 36.4 Å². The molecule has 3 aromatic rings. The summed E-state index contributed by atoms with van der Waals surface area (Å²) in [6, 6.07) is 4.23. The van der Waals surface area contributed by atoms with E-state index in [0.717, 1.165) is 24.1 Å². The van der Waals surface area contributed by atoms with E-state index in [-0.39, 0.29) is 11.3 Å². The van der Waals surface area contributed by atoms with Gasteiger partial charge in [-0.25, -0.2) is 24.8 Å². The molecule has 1 amide bonds. The Morgan fingerprint density at radius 2 is 1.89 bits per heavy atom. The van der Waals surface area contributed by atoms with Crippen molar-refractivity contribution >= 4 is 23.1 Å². The standard InChI is InChI=1S/C25H27FN6O3/c1-5-35-32-25(33)19-13-27-22(30-15(3)16-6-7-16)10-20(19)31-21-9-17(26)8-18(23(21)34-4)24-28-11-14(2)12-29-24/h8-13,16H,3,5-7H2,1-2,4H3,(H,32,33)(H2,27,30,31). The van der Waals surface area contributed by atoms with Crippen LogP contribution < -0.4 is 20.9 Å². The molecule has 0 saturated heterocycles. The lowest BCUT2D eigenvalue weighted by molar-refractivity contribution is 0.0365. The summed E-state index contributed by atoms with van der Waals surface area (Å²) in [6.07, 6.45) is 6.86. The number of aromatic nitrogens is 3. The maximum atomic E-state index is 14.7. The zero-order valence-electron chi connectivity index (χ0n) is 19.8. The van der Waals surface area contributed by atoms with Crippen LogP contribution in [0.2, 0.25) is 0 Å². The van der Waals surface area contributed by atoms with Crippen molar-refractivity contribution in [3.8, 4) is 17.1 Å². The Morgan fingerprint density at radius 1 is 1.14 bits per heavy atom. The normalized spacial score (nSPS) is 12.7. The summed E-state index contributed by atoms with van der Waals surface area (Å²) in [6.45, 7) is 7.96. The van der Waals surface area contributed by atoms with Crippen molar-refractivity contribution in [2.24, 2.45) is 5.92 Å². The zero-order chi connectivity index (χ0) is 24.9. The summed E-state index contributed by atoms with van der Waals surface area (Å²) in [4.78, 5) is 30.7. The molecular weight excluding hydrogens is 451 g/mol. The average Bonchev–Trinajstić information content (AvgIpc) is 3.69. The van der Waals surface area contributed by atoms with Gasteiger partial charge in [-0.3, -0.25) is 9.63 Å². The molecule has 0 radical (unpaired) electrons. The first-order chi connectivity index (χ1) is 16.9. The number of methoxy groups -OCH3 is 1. The highest BCUT2D eigenvalue weighted by molar-refractivity contribution is 6.00. The number of aryl methyl sites for hydroxylation is 1. The molecule has 3 N–H and O–H groups in total. The van der Waals surface area contributed by atoms with E-state index in [2.05, 4.69) is 37.6 Å². The second kappa shape index (κ2) is 10.5. The van der Waals surface area contributed by atoms with Crippen molar-refractivity contribution in [2.75, 3.05) is 24.4 Å². The highest BCUT2D eigenvalue weighted by Crippen LogP contribution is 2.39. The smallest absolute Gasteiger partial charge is 0.278 e. The maximum Gasteiger partial charge on any atom is 0.278 e. The quantitative estimate of drug-likeness (QED) is 0.358. The number of carbonyl (C=O) groups is 1. The Kier molecular flexibility index (Phi) is 7.21. The van der Waals surface area contributed by atoms with Crippen LogP contribution in [0.1, 0.15) is 35.7 Å². The van der Waals surface area contributed by atoms with Gasteiger partial charge < -0.3 is 15.4 Å². The monoisotopic (exact) mass is 478 g/mol. The summed E-state index contributed by atoms with van der Waals surface area (Å²) in [5, 5.41) is 6.31. The number of carbonyl (C=O) groups excluding carboxylic acids is 1. The number of nitrogens with one attached hydrogen (secondary N) is 3. The first-order valence-corrected chi connectivity index (χ1v) is 11.2. The first-order valence-electron chi connectivity index (χ1n) is 11.2. The van der Waals surface area contributed by atoms with E-state index in [1.165, 1.54) is 25.4 Å². The molecule has 0 bridgehead atoms. The predicted octanol–water partition coefficient (Wildman–Crippen LogP) is 4.76. The van der Waals surface area contributed by atoms with Crippen LogP contribution in [0.4, 0.5) is 21.6 Å². The third-order valence-electron chi connectivity index (χ3n) is 5.37. The van der Waals surface area contributed by atoms with Crippen LogP contribution in [0.15, 0.2) is 49.1 Å². The number of halogens is 1. The molecule has 0 spiro atoms. The van der Waals surface area contributed by atoms with Crippen LogP contribution in [0.5, 0.6) is 5.75 Å². The van der Waals surface area contributed by atoms with Crippen LogP contribution in [0.25, 0.3) is 11.4 Å². The molecular formula is C25H27FN6O3. The van der Waals surface area contributed by atoms with Crippen LogP contribution >= 0.6 is 0 Å². The van der Waals surface area contributed by atoms with Gasteiger partial charge in [-0.05, 0) is 44.2 Å². The summed E-state index contributed by atoms with van der Waals surface area (Å²) in [7, 11) is 1.47. The third-order valence-corrected chi connectivity index (χ3v) is 5.37. The summed E-state index contributed by atoms with van der Waals surface area (Å²) in [5.41, 5.74) is 5.31. The number of allylic oxidation sites excluding steroid dienone is 1. The van der Waals surface area contributed by atoms with Gasteiger partial charge in [0.05, 0.1) is 36.2 Å². The van der Waals surface area contributed by atoms with Crippen LogP contribution in [-0.2, 0) is 4.84 Å². The molecule has 1 saturated carbocycles. The van der Waals surface area contributed by atoms with Crippen LogP contribution in [0, 0.1) is 18.7 Å². The Hall–Kier alpha value is -4.05. The molecule has 0 atom stereocenters. The van der Waals surface area contributed by atoms with Gasteiger partial charge in [-0.15, -0.1) is 0 Å². The van der Waals surface area contributed by atoms with Gasteiger partial charge in [0.15, 0.2) is 11.6 Å². The highest BCUT2D eigenvalue weighted by Gasteiger charge is 2.25. The predicted molar refractivity (Wildman–Crippen MR) is 131 cm³/mol. The Balaban J connectivity index is 1.74. The number of hydrogen-bond acceptors (Lipinski definition) is 8. The average molecular weight is 479 g/mol. The van der Waals surface area contributed by atoms with E-state index in [1.807, 2.05) is 6.92 Å². The first kappa shape index (κ1) is 24.1. The summed E-state index contributed by atoms with van der Waals surface area (Å²) < 4.78 is 20.3. The van der Waals surface area contributed by atoms with Crippen molar-refractivity contribution in [1.82, 2.24) is 20.4 Å². The second-order valence-corrected chi connectivity index (χ2v) is 8.15. The number of anilines is 3. The van der Waals surface area contributed by atoms with Crippen LogP contribution in [0.3, 0.4) is 0 Å². The third kappa shape index (κ3) is 5.72. The van der Waals surface area contributed by atoms with E-state index in [1.54, 1.807) is 25.4 Å². The SMILES string of the molecule is C=C(Nc1cc(Nc2cc(F)cc(-c3ncc(C)cn3)c2OC)c(C(=O)NOCC)cn1)C1CC1. The highest BCUT2D eigenvalue weighted by atomic mass is 19.1. The number of hydroxylamine groups is 1. The Bertz CT molecular complexity index is 1240. The Morgan fingerprint density at radius 3 is 2.54 bits per heavy atom. The maximum absolute atomic E-state index is 14.7. The molecule has 1 fully saturated rings. The fraction of sp³-hybridized carbons (Fsp3) is 0.280. The number of nitrogens with zero attached hydrogens (tertiary/aromatic N) is 3. The minimum absolute atomic E-state index is 0.195. The van der Waals surface area contributed by atoms with Gasteiger partial charge in [0.2, 0.25) is 0 Å². The molecule has 4 rings (SSSR count). The summed E-state index contributed by atoms with van der Waals surface area (Å²) >= 11 is 0. The number of hydrogen-bond donors (Lipinski definition) is 3. The van der Waals surface area contributed by atoms with Crippen molar-refractivity contribution in [3.63, 3.8) is 0 Å². The lowest BCUT2D eigenvalue weighted by Crippen LogP contribution is -2.24. The van der Waals surface area contributed by atoms with E-state index >= 15 is 0 Å². The van der Waals surface area contributed by atoms with E-state index in [0.29, 0.717) is 41.2 Å². The fourth-order valence-electron chi connectivity index (χ4n) is 3.45. The van der Waals surface area contributed by atoms with Gasteiger partial charge >= 0.3 is 0 Å². The van der Waals surface area contributed by atoms with Crippen molar-refractivity contribution < 1.29 is 18.8 Å². The van der Waals surface area contributed by atoms with Gasteiger partial charge in [0.1, 0.15) is 11.6 Å². The topological polar surface area (TPSA) is 110 Å². The number of rotatable bonds is 10. The van der Waals surface area contributed by atoms with E-state index in [4.69, 9.17) is 9.57 Å². The van der Waals surface area contributed by atoms with Crippen molar-refractivity contribution in [1.29, 1.82) is 0 Å². The molecule has 2 aromatic heterocycles. The molecule has 182 valence electrons. The molecule has 1 aliphatic rings. The molecule has 2 heterocycles.